The number of nitrogens with zero attached hydrogens (tertiary/aromatic N) is 2. The predicted octanol–water partition coefficient (Wildman–Crippen LogP) is 5.12. The van der Waals surface area contributed by atoms with E-state index in [1.807, 2.05) is 0 Å². The van der Waals surface area contributed by atoms with E-state index in [0.717, 1.165) is 22.4 Å². The normalized spacial score (nSPS) is 11.7. The van der Waals surface area contributed by atoms with Crippen LogP contribution in [0.1, 0.15) is 39.6 Å². The molecule has 0 fully saturated rings. The topological polar surface area (TPSA) is 93.5 Å². The van der Waals surface area contributed by atoms with Crippen LogP contribution in [0, 0.1) is 24.4 Å². The van der Waals surface area contributed by atoms with Crippen LogP contribution in [0.4, 0.5) is 13.2 Å². The van der Waals surface area contributed by atoms with Crippen LogP contribution in [0.15, 0.2) is 72.8 Å². The van der Waals surface area contributed by atoms with Crippen molar-refractivity contribution in [1.29, 1.82) is 0 Å². The zero-order chi connectivity index (χ0) is 26.5. The third kappa shape index (κ3) is 5.80. The number of carbonyl (C=O) groups excluding carboxylic acids is 1. The minimum Gasteiger partial charge on any atom is -0.481 e. The number of amides is 1. The van der Waals surface area contributed by atoms with Gasteiger partial charge in [0.1, 0.15) is 29.7 Å². The number of halogens is 3. The van der Waals surface area contributed by atoms with Crippen LogP contribution in [0.25, 0.3) is 5.69 Å². The molecule has 1 amide bonds. The van der Waals surface area contributed by atoms with Gasteiger partial charge in [0.05, 0.1) is 18.0 Å². The van der Waals surface area contributed by atoms with Crippen LogP contribution >= 0.6 is 0 Å². The fraction of sp³-hybridized carbons (Fsp3) is 0.148. The fourth-order valence-corrected chi connectivity index (χ4v) is 3.81. The number of benzene rings is 3. The minimum atomic E-state index is -1.12. The molecule has 1 aromatic heterocycles. The number of nitrogens with one attached hydrogen (secondary N) is 1. The van der Waals surface area contributed by atoms with Gasteiger partial charge < -0.3 is 15.2 Å². The molecule has 0 unspecified atom stereocenters. The number of rotatable bonds is 9. The second-order valence-electron chi connectivity index (χ2n) is 8.20. The number of aryl methyl sites for hydroxylation is 1. The molecule has 0 saturated carbocycles. The number of carboxylic acid groups (broad SMARTS) is 1. The Morgan fingerprint density at radius 1 is 0.973 bits per heavy atom. The van der Waals surface area contributed by atoms with Crippen molar-refractivity contribution < 1.29 is 32.6 Å². The van der Waals surface area contributed by atoms with Crippen molar-refractivity contribution in [1.82, 2.24) is 15.1 Å². The summed E-state index contributed by atoms with van der Waals surface area (Å²) in [5, 5.41) is 16.2. The molecule has 0 aliphatic rings. The molecule has 0 radical (unpaired) electrons. The molecule has 37 heavy (non-hydrogen) atoms. The summed E-state index contributed by atoms with van der Waals surface area (Å²) in [5.41, 5.74) is 0.763. The van der Waals surface area contributed by atoms with E-state index in [9.17, 15) is 27.9 Å². The maximum absolute atomic E-state index is 14.6. The highest BCUT2D eigenvalue weighted by Gasteiger charge is 2.24. The average Bonchev–Trinajstić information content (AvgIpc) is 3.28. The zero-order valence-corrected chi connectivity index (χ0v) is 19.6. The summed E-state index contributed by atoms with van der Waals surface area (Å²) in [6.07, 6.45) is -0.388. The van der Waals surface area contributed by atoms with Crippen molar-refractivity contribution in [3.8, 4) is 11.6 Å². The first-order valence-corrected chi connectivity index (χ1v) is 11.2. The zero-order valence-electron chi connectivity index (χ0n) is 19.6. The van der Waals surface area contributed by atoms with Crippen molar-refractivity contribution in [2.24, 2.45) is 0 Å². The maximum Gasteiger partial charge on any atom is 0.305 e. The van der Waals surface area contributed by atoms with Gasteiger partial charge in [-0.25, -0.2) is 13.2 Å². The lowest BCUT2D eigenvalue weighted by Gasteiger charge is -2.18. The van der Waals surface area contributed by atoms with E-state index in [0.29, 0.717) is 5.56 Å². The van der Waals surface area contributed by atoms with E-state index >= 15 is 0 Å². The molecule has 4 aromatic rings. The van der Waals surface area contributed by atoms with Gasteiger partial charge >= 0.3 is 5.97 Å². The molecule has 190 valence electrons. The summed E-state index contributed by atoms with van der Waals surface area (Å²) in [7, 11) is 0. The summed E-state index contributed by atoms with van der Waals surface area (Å²) in [6, 6.07) is 16.3. The first kappa shape index (κ1) is 25.5. The quantitative estimate of drug-likeness (QED) is 0.327. The summed E-state index contributed by atoms with van der Waals surface area (Å²) in [4.78, 5) is 24.6. The van der Waals surface area contributed by atoms with Gasteiger partial charge in [-0.3, -0.25) is 9.59 Å². The van der Waals surface area contributed by atoms with E-state index in [2.05, 4.69) is 10.4 Å². The summed E-state index contributed by atoms with van der Waals surface area (Å²) < 4.78 is 49.4. The number of aromatic nitrogens is 2. The second kappa shape index (κ2) is 11.0. The molecule has 0 saturated heterocycles. The monoisotopic (exact) mass is 509 g/mol. The summed E-state index contributed by atoms with van der Waals surface area (Å²) in [5.74, 6) is -4.35. The highest BCUT2D eigenvalue weighted by atomic mass is 19.1. The molecule has 0 aliphatic carbocycles. The Bertz CT molecular complexity index is 1430. The highest BCUT2D eigenvalue weighted by Crippen LogP contribution is 2.26. The Labute approximate surface area is 210 Å². The SMILES string of the molecule is Cc1ccccc1[C@H](CC(=O)O)NC(=O)c1cc(OCc2c(F)cccc2F)n(-c2ccccc2F)n1. The van der Waals surface area contributed by atoms with Crippen LogP contribution in [-0.4, -0.2) is 26.8 Å². The number of carboxylic acids is 1. The number of ether oxygens (including phenoxy) is 1. The Morgan fingerprint density at radius 3 is 2.30 bits per heavy atom. The first-order chi connectivity index (χ1) is 17.7. The average molecular weight is 509 g/mol. The van der Waals surface area contributed by atoms with E-state index in [1.165, 1.54) is 30.3 Å². The highest BCUT2D eigenvalue weighted by molar-refractivity contribution is 5.93. The van der Waals surface area contributed by atoms with Crippen LogP contribution in [0.3, 0.4) is 0 Å². The van der Waals surface area contributed by atoms with Gasteiger partial charge in [-0.2, -0.15) is 9.78 Å². The van der Waals surface area contributed by atoms with Gasteiger partial charge in [-0.05, 0) is 42.3 Å². The molecule has 4 rings (SSSR count). The van der Waals surface area contributed by atoms with Gasteiger partial charge in [0.25, 0.3) is 5.91 Å². The van der Waals surface area contributed by atoms with Crippen LogP contribution in [0.5, 0.6) is 5.88 Å². The lowest BCUT2D eigenvalue weighted by atomic mass is 9.98. The smallest absolute Gasteiger partial charge is 0.305 e. The lowest BCUT2D eigenvalue weighted by molar-refractivity contribution is -0.137. The number of hydrogen-bond acceptors (Lipinski definition) is 4. The number of para-hydroxylation sites is 1. The molecule has 0 aliphatic heterocycles. The molecule has 3 aromatic carbocycles. The van der Waals surface area contributed by atoms with Crippen LogP contribution < -0.4 is 10.1 Å². The standard InChI is InChI=1S/C27H22F3N3O4/c1-16-7-2-3-8-17(16)22(14-26(34)35)31-27(36)23-13-25(33(32-23)24-12-5-4-9-21(24)30)37-15-18-19(28)10-6-11-20(18)29/h2-13,22H,14-15H2,1H3,(H,31,36)(H,34,35)/t22-/m0/s1. The molecule has 0 spiro atoms. The van der Waals surface area contributed by atoms with Crippen molar-refractivity contribution in [3.05, 3.63) is 113 Å². The van der Waals surface area contributed by atoms with E-state index < -0.39 is 42.0 Å². The number of aliphatic carboxylic acids is 1. The molecule has 2 N–H and O–H groups in total. The Morgan fingerprint density at radius 2 is 1.62 bits per heavy atom. The van der Waals surface area contributed by atoms with Crippen LogP contribution in [0.2, 0.25) is 0 Å². The van der Waals surface area contributed by atoms with Gasteiger partial charge in [-0.15, -0.1) is 0 Å². The number of hydrogen-bond donors (Lipinski definition) is 2. The molecule has 7 nitrogen and oxygen atoms in total. The largest absolute Gasteiger partial charge is 0.481 e. The Hall–Kier alpha value is -4.60. The minimum absolute atomic E-state index is 0.0634. The van der Waals surface area contributed by atoms with Crippen molar-refractivity contribution >= 4 is 11.9 Å². The lowest BCUT2D eigenvalue weighted by Crippen LogP contribution is -2.31. The van der Waals surface area contributed by atoms with Gasteiger partial charge in [0.15, 0.2) is 5.69 Å². The van der Waals surface area contributed by atoms with Gasteiger partial charge in [-0.1, -0.05) is 42.5 Å². The van der Waals surface area contributed by atoms with Gasteiger partial charge in [0.2, 0.25) is 5.88 Å². The molecule has 0 bridgehead atoms. The van der Waals surface area contributed by atoms with Gasteiger partial charge in [0, 0.05) is 6.07 Å². The maximum atomic E-state index is 14.6. The Kier molecular flexibility index (Phi) is 7.57. The predicted molar refractivity (Wildman–Crippen MR) is 128 cm³/mol. The third-order valence-corrected chi connectivity index (χ3v) is 5.66. The number of carbonyl (C=O) groups is 2. The van der Waals surface area contributed by atoms with E-state index in [1.54, 1.807) is 37.3 Å². The van der Waals surface area contributed by atoms with Crippen LogP contribution in [-0.2, 0) is 11.4 Å². The molecule has 1 atom stereocenters. The summed E-state index contributed by atoms with van der Waals surface area (Å²) >= 11 is 0. The third-order valence-electron chi connectivity index (χ3n) is 5.66. The molecule has 10 heteroatoms. The fourth-order valence-electron chi connectivity index (χ4n) is 3.81. The van der Waals surface area contributed by atoms with E-state index in [-0.39, 0.29) is 29.2 Å². The van der Waals surface area contributed by atoms with Crippen molar-refractivity contribution in [3.63, 3.8) is 0 Å². The Balaban J connectivity index is 1.68. The summed E-state index contributed by atoms with van der Waals surface area (Å²) in [6.45, 7) is 1.24. The molecule has 1 heterocycles. The van der Waals surface area contributed by atoms with E-state index in [4.69, 9.17) is 4.74 Å². The van der Waals surface area contributed by atoms with Crippen molar-refractivity contribution in [2.75, 3.05) is 0 Å². The second-order valence-corrected chi connectivity index (χ2v) is 8.20. The molecular formula is C27H22F3N3O4. The first-order valence-electron chi connectivity index (χ1n) is 11.2. The molecular weight excluding hydrogens is 487 g/mol. The van der Waals surface area contributed by atoms with Crippen molar-refractivity contribution in [2.45, 2.75) is 26.0 Å².